The van der Waals surface area contributed by atoms with Crippen LogP contribution in [-0.4, -0.2) is 25.6 Å². The minimum Gasteiger partial charge on any atom is -0.545 e. The summed E-state index contributed by atoms with van der Waals surface area (Å²) in [6, 6.07) is 16.3. The molecule has 33 heavy (non-hydrogen) atoms. The number of hydrogen-bond acceptors (Lipinski definition) is 5. The Morgan fingerprint density at radius 3 is 2.39 bits per heavy atom. The van der Waals surface area contributed by atoms with E-state index in [0.29, 0.717) is 23.8 Å². The summed E-state index contributed by atoms with van der Waals surface area (Å²) >= 11 is 11.9. The maximum atomic E-state index is 12.5. The Balaban J connectivity index is 0.00000272. The van der Waals surface area contributed by atoms with Gasteiger partial charge in [-0.15, -0.1) is 0 Å². The van der Waals surface area contributed by atoms with Gasteiger partial charge in [0, 0.05) is 17.0 Å². The Morgan fingerprint density at radius 2 is 1.73 bits per heavy atom. The molecule has 9 heteroatoms. The molecule has 1 N–H and O–H groups in total. The third-order valence-corrected chi connectivity index (χ3v) is 4.98. The number of amides is 1. The summed E-state index contributed by atoms with van der Waals surface area (Å²) in [5.74, 6) is -0.936. The fourth-order valence-electron chi connectivity index (χ4n) is 2.87. The SMILES string of the molecule is C.COc1cccc(CCOc2ccc(NC(=O)c3ccc(Cl)cc3Cl)c(C(=O)[O-])c2)c1.[Li+]. The number of rotatable bonds is 8. The molecular formula is C24H22Cl2LiNO5. The van der Waals surface area contributed by atoms with Crippen molar-refractivity contribution < 1.29 is 43.0 Å². The number of halogens is 2. The summed E-state index contributed by atoms with van der Waals surface area (Å²) in [6.45, 7) is 0.325. The zero-order valence-corrected chi connectivity index (χ0v) is 19.0. The molecule has 0 aliphatic carbocycles. The number of anilines is 1. The first-order valence-electron chi connectivity index (χ1n) is 9.25. The molecule has 1 amide bonds. The predicted octanol–water partition coefficient (Wildman–Crippen LogP) is 1.88. The summed E-state index contributed by atoms with van der Waals surface area (Å²) in [6.07, 6.45) is 0.603. The number of carbonyl (C=O) groups excluding carboxylic acids is 2. The van der Waals surface area contributed by atoms with Crippen LogP contribution in [0.25, 0.3) is 0 Å². The average molecular weight is 482 g/mol. The number of carboxylic acids is 1. The van der Waals surface area contributed by atoms with Crippen molar-refractivity contribution >= 4 is 40.8 Å². The molecule has 0 aliphatic heterocycles. The van der Waals surface area contributed by atoms with Gasteiger partial charge in [0.2, 0.25) is 0 Å². The summed E-state index contributed by atoms with van der Waals surface area (Å²) in [5.41, 5.74) is 1.03. The standard InChI is InChI=1S/C23H19Cl2NO5.CH4.Li/c1-30-16-4-2-3-14(11-16)9-10-31-17-6-8-21(19(13-17)23(28)29)26-22(27)18-7-5-15(24)12-20(18)25;;/h2-8,11-13H,9-10H2,1H3,(H,26,27)(H,28,29);1H4;/q;;+1/p-1. The van der Waals surface area contributed by atoms with E-state index in [4.69, 9.17) is 32.7 Å². The molecule has 6 nitrogen and oxygen atoms in total. The van der Waals surface area contributed by atoms with Crippen molar-refractivity contribution in [2.24, 2.45) is 0 Å². The summed E-state index contributed by atoms with van der Waals surface area (Å²) in [5, 5.41) is 14.7. The van der Waals surface area contributed by atoms with Crippen molar-refractivity contribution in [2.45, 2.75) is 13.8 Å². The van der Waals surface area contributed by atoms with E-state index in [2.05, 4.69) is 5.32 Å². The first-order valence-corrected chi connectivity index (χ1v) is 10.0. The van der Waals surface area contributed by atoms with Crippen molar-refractivity contribution in [3.05, 3.63) is 87.4 Å². The van der Waals surface area contributed by atoms with Crippen molar-refractivity contribution in [3.63, 3.8) is 0 Å². The fraction of sp³-hybridized carbons (Fsp3) is 0.167. The van der Waals surface area contributed by atoms with Crippen LogP contribution in [0.4, 0.5) is 5.69 Å². The second-order valence-electron chi connectivity index (χ2n) is 6.52. The van der Waals surface area contributed by atoms with E-state index in [-0.39, 0.29) is 48.1 Å². The third kappa shape index (κ3) is 7.73. The molecule has 3 rings (SSSR count). The van der Waals surface area contributed by atoms with E-state index in [0.717, 1.165) is 11.3 Å². The van der Waals surface area contributed by atoms with Gasteiger partial charge in [0.1, 0.15) is 11.5 Å². The number of aromatic carboxylic acids is 1. The largest absolute Gasteiger partial charge is 1.00 e. The van der Waals surface area contributed by atoms with E-state index < -0.39 is 11.9 Å². The minimum atomic E-state index is -1.45. The van der Waals surface area contributed by atoms with Crippen molar-refractivity contribution in [1.29, 1.82) is 0 Å². The van der Waals surface area contributed by atoms with E-state index in [9.17, 15) is 14.7 Å². The molecule has 0 saturated heterocycles. The first-order chi connectivity index (χ1) is 14.9. The van der Waals surface area contributed by atoms with Gasteiger partial charge in [0.05, 0.1) is 36.0 Å². The number of benzene rings is 3. The molecule has 0 atom stereocenters. The van der Waals surface area contributed by atoms with Crippen LogP contribution in [0, 0.1) is 0 Å². The van der Waals surface area contributed by atoms with Gasteiger partial charge < -0.3 is 24.7 Å². The van der Waals surface area contributed by atoms with Gasteiger partial charge in [0.25, 0.3) is 5.91 Å². The molecule has 3 aromatic rings. The smallest absolute Gasteiger partial charge is 0.545 e. The molecule has 0 aromatic heterocycles. The summed E-state index contributed by atoms with van der Waals surface area (Å²) in [7, 11) is 1.60. The van der Waals surface area contributed by atoms with Crippen LogP contribution in [0.3, 0.4) is 0 Å². The molecule has 0 bridgehead atoms. The molecule has 168 valence electrons. The Morgan fingerprint density at radius 1 is 0.970 bits per heavy atom. The van der Waals surface area contributed by atoms with Crippen LogP contribution < -0.4 is 38.8 Å². The monoisotopic (exact) mass is 481 g/mol. The number of nitrogens with one attached hydrogen (secondary N) is 1. The molecule has 0 unspecified atom stereocenters. The van der Waals surface area contributed by atoms with Crippen LogP contribution in [0.5, 0.6) is 11.5 Å². The molecule has 0 spiro atoms. The van der Waals surface area contributed by atoms with Gasteiger partial charge in [-0.3, -0.25) is 4.79 Å². The number of carbonyl (C=O) groups is 2. The van der Waals surface area contributed by atoms with Crippen LogP contribution >= 0.6 is 23.2 Å². The fourth-order valence-corrected chi connectivity index (χ4v) is 3.36. The van der Waals surface area contributed by atoms with E-state index in [1.54, 1.807) is 13.2 Å². The van der Waals surface area contributed by atoms with Gasteiger partial charge in [-0.05, 0) is 54.1 Å². The molecular weight excluding hydrogens is 460 g/mol. The Kier molecular flexibility index (Phi) is 11.3. The van der Waals surface area contributed by atoms with Gasteiger partial charge in [0.15, 0.2) is 0 Å². The minimum absolute atomic E-state index is 0. The first kappa shape index (κ1) is 28.4. The quantitative estimate of drug-likeness (QED) is 0.496. The van der Waals surface area contributed by atoms with Crippen molar-refractivity contribution in [3.8, 4) is 11.5 Å². The predicted molar refractivity (Wildman–Crippen MR) is 124 cm³/mol. The van der Waals surface area contributed by atoms with Gasteiger partial charge in [-0.25, -0.2) is 0 Å². The maximum Gasteiger partial charge on any atom is 1.00 e. The maximum absolute atomic E-state index is 12.5. The summed E-state index contributed by atoms with van der Waals surface area (Å²) < 4.78 is 10.9. The molecule has 0 fully saturated rings. The zero-order valence-electron chi connectivity index (χ0n) is 17.5. The normalized spacial score (nSPS) is 9.79. The number of carboxylic acid groups (broad SMARTS) is 1. The Hall–Kier alpha value is -2.62. The molecule has 0 aliphatic rings. The molecule has 3 aromatic carbocycles. The van der Waals surface area contributed by atoms with Crippen LogP contribution in [0.1, 0.15) is 33.7 Å². The Labute approximate surface area is 215 Å². The second kappa shape index (κ2) is 13.2. The number of hydrogen-bond donors (Lipinski definition) is 1. The average Bonchev–Trinajstić information content (AvgIpc) is 2.74. The third-order valence-electron chi connectivity index (χ3n) is 4.43. The van der Waals surface area contributed by atoms with E-state index >= 15 is 0 Å². The van der Waals surface area contributed by atoms with Crippen LogP contribution in [0.15, 0.2) is 60.7 Å². The van der Waals surface area contributed by atoms with E-state index in [1.807, 2.05) is 24.3 Å². The van der Waals surface area contributed by atoms with Crippen molar-refractivity contribution in [2.75, 3.05) is 19.0 Å². The molecule has 0 saturated carbocycles. The van der Waals surface area contributed by atoms with Gasteiger partial charge in [-0.1, -0.05) is 42.8 Å². The number of methoxy groups -OCH3 is 1. The van der Waals surface area contributed by atoms with Crippen molar-refractivity contribution in [1.82, 2.24) is 0 Å². The van der Waals surface area contributed by atoms with Crippen LogP contribution in [-0.2, 0) is 6.42 Å². The number of ether oxygens (including phenoxy) is 2. The topological polar surface area (TPSA) is 87.7 Å². The summed E-state index contributed by atoms with van der Waals surface area (Å²) in [4.78, 5) is 24.1. The second-order valence-corrected chi connectivity index (χ2v) is 7.37. The zero-order chi connectivity index (χ0) is 22.4. The van der Waals surface area contributed by atoms with Crippen LogP contribution in [0.2, 0.25) is 10.0 Å². The van der Waals surface area contributed by atoms with Gasteiger partial charge in [-0.2, -0.15) is 0 Å². The molecule has 0 heterocycles. The molecule has 0 radical (unpaired) electrons. The van der Waals surface area contributed by atoms with E-state index in [1.165, 1.54) is 30.3 Å². The Bertz CT molecular complexity index is 1120. The van der Waals surface area contributed by atoms with Gasteiger partial charge >= 0.3 is 18.9 Å².